The highest BCUT2D eigenvalue weighted by Gasteiger charge is 2.36. The smallest absolute Gasteiger partial charge is 0.338 e. The lowest BCUT2D eigenvalue weighted by Crippen LogP contribution is -2.31. The Balaban J connectivity index is 1.47. The van der Waals surface area contributed by atoms with E-state index in [4.69, 9.17) is 4.74 Å². The molecule has 4 heterocycles. The monoisotopic (exact) mass is 464 g/mol. The Bertz CT molecular complexity index is 1270. The van der Waals surface area contributed by atoms with E-state index in [-0.39, 0.29) is 0 Å². The minimum absolute atomic E-state index is 0.417. The molecular formula is C20H16N8O2S2. The second-order valence-corrected chi connectivity index (χ2v) is 8.87. The molecular weight excluding hydrogens is 448 g/mol. The zero-order chi connectivity index (χ0) is 21.9. The average Bonchev–Trinajstić information content (AvgIpc) is 3.52. The summed E-state index contributed by atoms with van der Waals surface area (Å²) < 4.78 is 7.44. The van der Waals surface area contributed by atoms with E-state index in [0.717, 1.165) is 20.5 Å². The number of carbonyl (C=O) groups is 1. The summed E-state index contributed by atoms with van der Waals surface area (Å²) in [5.41, 5.74) is 2.85. The van der Waals surface area contributed by atoms with Crippen molar-refractivity contribution in [3.8, 4) is 10.6 Å². The minimum atomic E-state index is -0.563. The van der Waals surface area contributed by atoms with Crippen molar-refractivity contribution < 1.29 is 9.53 Å². The van der Waals surface area contributed by atoms with Gasteiger partial charge in [-0.25, -0.2) is 4.79 Å². The zero-order valence-corrected chi connectivity index (χ0v) is 18.4. The molecule has 4 aromatic rings. The molecule has 1 aliphatic rings. The van der Waals surface area contributed by atoms with Crippen molar-refractivity contribution in [2.75, 3.05) is 18.2 Å². The predicted molar refractivity (Wildman–Crippen MR) is 119 cm³/mol. The van der Waals surface area contributed by atoms with Crippen LogP contribution in [0.1, 0.15) is 11.6 Å². The number of pyridine rings is 1. The van der Waals surface area contributed by atoms with Gasteiger partial charge in [0.25, 0.3) is 0 Å². The van der Waals surface area contributed by atoms with Gasteiger partial charge in [-0.05, 0) is 22.1 Å². The van der Waals surface area contributed by atoms with Crippen LogP contribution in [0.4, 0.5) is 5.95 Å². The minimum Gasteiger partial charge on any atom is -0.466 e. The van der Waals surface area contributed by atoms with Gasteiger partial charge < -0.3 is 10.1 Å². The summed E-state index contributed by atoms with van der Waals surface area (Å²) in [4.78, 5) is 17.0. The third kappa shape index (κ3) is 3.85. The molecule has 0 saturated heterocycles. The van der Waals surface area contributed by atoms with Crippen LogP contribution in [0.5, 0.6) is 0 Å². The number of nitrogens with zero attached hydrogens (tertiary/aromatic N) is 7. The number of methoxy groups -OCH3 is 1. The third-order valence-corrected chi connectivity index (χ3v) is 6.90. The summed E-state index contributed by atoms with van der Waals surface area (Å²) in [7, 11) is 1.35. The van der Waals surface area contributed by atoms with Crippen molar-refractivity contribution in [3.63, 3.8) is 0 Å². The molecule has 12 heteroatoms. The van der Waals surface area contributed by atoms with E-state index in [2.05, 4.69) is 36.0 Å². The quantitative estimate of drug-likeness (QED) is 0.337. The van der Waals surface area contributed by atoms with Gasteiger partial charge in [-0.1, -0.05) is 64.6 Å². The maximum Gasteiger partial charge on any atom is 0.338 e. The number of benzene rings is 1. The SMILES string of the molecule is COC(=O)C1=C(CSc2nnc(-c3ccccc3)s2)Nc2nnnn2C1c1cccnc1. The average molecular weight is 465 g/mol. The molecule has 1 aliphatic heterocycles. The Morgan fingerprint density at radius 2 is 2.06 bits per heavy atom. The Labute approximate surface area is 190 Å². The molecule has 0 aliphatic carbocycles. The molecule has 0 saturated carbocycles. The number of thioether (sulfide) groups is 1. The molecule has 32 heavy (non-hydrogen) atoms. The summed E-state index contributed by atoms with van der Waals surface area (Å²) in [6.07, 6.45) is 3.36. The Hall–Kier alpha value is -3.64. The number of esters is 1. The highest BCUT2D eigenvalue weighted by molar-refractivity contribution is 8.01. The van der Waals surface area contributed by atoms with E-state index in [1.807, 2.05) is 36.4 Å². The Morgan fingerprint density at radius 3 is 2.84 bits per heavy atom. The van der Waals surface area contributed by atoms with Gasteiger partial charge >= 0.3 is 5.97 Å². The lowest BCUT2D eigenvalue weighted by Gasteiger charge is -2.27. The van der Waals surface area contributed by atoms with Crippen molar-refractivity contribution in [1.82, 2.24) is 35.4 Å². The summed E-state index contributed by atoms with van der Waals surface area (Å²) >= 11 is 2.96. The first-order valence-corrected chi connectivity index (χ1v) is 11.3. The summed E-state index contributed by atoms with van der Waals surface area (Å²) in [6.45, 7) is 0. The molecule has 160 valence electrons. The zero-order valence-electron chi connectivity index (χ0n) is 16.7. The van der Waals surface area contributed by atoms with Crippen LogP contribution in [0.2, 0.25) is 0 Å². The first-order valence-electron chi connectivity index (χ1n) is 9.52. The number of tetrazole rings is 1. The normalized spacial score (nSPS) is 15.2. The predicted octanol–water partition coefficient (Wildman–Crippen LogP) is 2.82. The van der Waals surface area contributed by atoms with Gasteiger partial charge in [0.2, 0.25) is 5.95 Å². The van der Waals surface area contributed by atoms with E-state index in [1.165, 1.54) is 30.2 Å². The fraction of sp³-hybridized carbons (Fsp3) is 0.150. The number of anilines is 1. The maximum atomic E-state index is 12.8. The molecule has 5 rings (SSSR count). The lowest BCUT2D eigenvalue weighted by atomic mass is 9.97. The van der Waals surface area contributed by atoms with Crippen LogP contribution in [-0.2, 0) is 9.53 Å². The van der Waals surface area contributed by atoms with E-state index in [0.29, 0.717) is 23.0 Å². The van der Waals surface area contributed by atoms with Crippen LogP contribution in [0.25, 0.3) is 10.6 Å². The largest absolute Gasteiger partial charge is 0.466 e. The van der Waals surface area contributed by atoms with Gasteiger partial charge in [0.15, 0.2) is 4.34 Å². The van der Waals surface area contributed by atoms with Crippen LogP contribution in [0, 0.1) is 0 Å². The van der Waals surface area contributed by atoms with E-state index in [1.54, 1.807) is 23.1 Å². The lowest BCUT2D eigenvalue weighted by molar-refractivity contribution is -0.136. The Kier molecular flexibility index (Phi) is 5.60. The number of carbonyl (C=O) groups excluding carboxylic acids is 1. The molecule has 1 aromatic carbocycles. The van der Waals surface area contributed by atoms with E-state index >= 15 is 0 Å². The highest BCUT2D eigenvalue weighted by Crippen LogP contribution is 2.37. The maximum absolute atomic E-state index is 12.8. The molecule has 3 aromatic heterocycles. The molecule has 0 bridgehead atoms. The summed E-state index contributed by atoms with van der Waals surface area (Å²) in [6, 6.07) is 13.0. The van der Waals surface area contributed by atoms with Gasteiger partial charge in [0.1, 0.15) is 11.0 Å². The number of hydrogen-bond acceptors (Lipinski definition) is 11. The molecule has 1 N–H and O–H groups in total. The van der Waals surface area contributed by atoms with Gasteiger partial charge in [0.05, 0.1) is 12.7 Å². The van der Waals surface area contributed by atoms with Crippen LogP contribution >= 0.6 is 23.1 Å². The van der Waals surface area contributed by atoms with Crippen molar-refractivity contribution in [1.29, 1.82) is 0 Å². The molecule has 10 nitrogen and oxygen atoms in total. The van der Waals surface area contributed by atoms with Crippen molar-refractivity contribution in [2.45, 2.75) is 10.4 Å². The highest BCUT2D eigenvalue weighted by atomic mass is 32.2. The van der Waals surface area contributed by atoms with Crippen molar-refractivity contribution in [2.24, 2.45) is 0 Å². The molecule has 0 spiro atoms. The molecule has 1 atom stereocenters. The number of rotatable bonds is 6. The van der Waals surface area contributed by atoms with Gasteiger partial charge in [-0.2, -0.15) is 4.68 Å². The summed E-state index contributed by atoms with van der Waals surface area (Å²) in [5.74, 6) is 0.395. The topological polar surface area (TPSA) is 121 Å². The van der Waals surface area contributed by atoms with Crippen LogP contribution in [0.15, 0.2) is 70.5 Å². The van der Waals surface area contributed by atoms with E-state index < -0.39 is 12.0 Å². The second kappa shape index (κ2) is 8.85. The Morgan fingerprint density at radius 1 is 1.19 bits per heavy atom. The molecule has 0 radical (unpaired) electrons. The standard InChI is InChI=1S/C20H16N8O2S2/c1-30-18(29)15-14(11-31-20-25-23-17(32-20)12-6-3-2-4-7-12)22-19-24-26-27-28(19)16(15)13-8-5-9-21-10-13/h2-10,16H,11H2,1H3,(H,22,24,27). The van der Waals surface area contributed by atoms with Gasteiger partial charge in [0, 0.05) is 29.4 Å². The van der Waals surface area contributed by atoms with Gasteiger partial charge in [-0.3, -0.25) is 4.98 Å². The fourth-order valence-electron chi connectivity index (χ4n) is 3.34. The van der Waals surface area contributed by atoms with Crippen LogP contribution in [-0.4, -0.2) is 54.2 Å². The van der Waals surface area contributed by atoms with Crippen LogP contribution in [0.3, 0.4) is 0 Å². The van der Waals surface area contributed by atoms with Gasteiger partial charge in [-0.15, -0.1) is 10.2 Å². The first-order chi connectivity index (χ1) is 15.7. The van der Waals surface area contributed by atoms with Crippen molar-refractivity contribution >= 4 is 35.0 Å². The number of nitrogens with one attached hydrogen (secondary N) is 1. The number of fused-ring (bicyclic) bond motifs is 1. The number of hydrogen-bond donors (Lipinski definition) is 1. The molecule has 0 amide bonds. The van der Waals surface area contributed by atoms with E-state index in [9.17, 15) is 4.79 Å². The first kappa shape index (κ1) is 20.3. The van der Waals surface area contributed by atoms with Crippen LogP contribution < -0.4 is 5.32 Å². The second-order valence-electron chi connectivity index (χ2n) is 6.67. The number of ether oxygens (including phenoxy) is 1. The summed E-state index contributed by atoms with van der Waals surface area (Å²) in [5, 5.41) is 24.5. The fourth-order valence-corrected chi connectivity index (χ4v) is 5.17. The van der Waals surface area contributed by atoms with Crippen molar-refractivity contribution in [3.05, 3.63) is 71.7 Å². The molecule has 1 unspecified atom stereocenters. The third-order valence-electron chi connectivity index (χ3n) is 4.77. The molecule has 0 fully saturated rings. The number of aromatic nitrogens is 7.